The van der Waals surface area contributed by atoms with Crippen molar-refractivity contribution < 1.29 is 13.5 Å². The molecule has 0 aromatic carbocycles. The minimum Gasteiger partial charge on any atom is -0.499 e. The summed E-state index contributed by atoms with van der Waals surface area (Å²) in [6.07, 6.45) is 0. The van der Waals surface area contributed by atoms with Gasteiger partial charge in [-0.2, -0.15) is 0 Å². The molecule has 10 heavy (non-hydrogen) atoms. The summed E-state index contributed by atoms with van der Waals surface area (Å²) in [5.41, 5.74) is 0. The predicted octanol–water partition coefficient (Wildman–Crippen LogP) is 0.101. The van der Waals surface area contributed by atoms with Gasteiger partial charge < -0.3 is 5.11 Å². The Morgan fingerprint density at radius 3 is 2.30 bits per heavy atom. The molecule has 0 unspecified atom stereocenters. The number of rotatable bonds is 1. The van der Waals surface area contributed by atoms with Crippen molar-refractivity contribution >= 4 is 21.4 Å². The Hall–Kier alpha value is -0.590. The zero-order valence-electron chi connectivity index (χ0n) is 4.81. The van der Waals surface area contributed by atoms with E-state index in [-0.39, 0.29) is 9.27 Å². The lowest BCUT2D eigenvalue weighted by Gasteiger charge is -1.86. The number of thiophene rings is 1. The molecule has 1 aromatic heterocycles. The number of aromatic hydroxyl groups is 1. The van der Waals surface area contributed by atoms with Crippen molar-refractivity contribution in [2.45, 2.75) is 4.21 Å². The normalized spacial score (nSPS) is 11.7. The largest absolute Gasteiger partial charge is 0.499 e. The molecule has 0 aliphatic carbocycles. The monoisotopic (exact) mass is 179 g/mol. The van der Waals surface area contributed by atoms with E-state index in [9.17, 15) is 8.42 Å². The first kappa shape index (κ1) is 7.52. The second-order valence-electron chi connectivity index (χ2n) is 1.64. The van der Waals surface area contributed by atoms with Gasteiger partial charge in [0.1, 0.15) is 4.21 Å². The Balaban J connectivity index is 3.21. The van der Waals surface area contributed by atoms with Crippen LogP contribution >= 0.6 is 11.3 Å². The summed E-state index contributed by atoms with van der Waals surface area (Å²) in [4.78, 5) is 0. The Morgan fingerprint density at radius 1 is 1.50 bits per heavy atom. The molecule has 0 saturated carbocycles. The standard InChI is InChI=1S/C4H5NO3S2/c5-10(7,8)4-2-1-3(6)9-4/h1-2,6H,(H2,5,7,8). The summed E-state index contributed by atoms with van der Waals surface area (Å²) in [7, 11) is -3.62. The zero-order valence-corrected chi connectivity index (χ0v) is 6.45. The van der Waals surface area contributed by atoms with Gasteiger partial charge in [-0.25, -0.2) is 13.6 Å². The first-order valence-corrected chi connectivity index (χ1v) is 4.68. The van der Waals surface area contributed by atoms with Gasteiger partial charge >= 0.3 is 0 Å². The maximum Gasteiger partial charge on any atom is 0.247 e. The first-order valence-electron chi connectivity index (χ1n) is 2.32. The molecule has 0 bridgehead atoms. The molecule has 4 nitrogen and oxygen atoms in total. The highest BCUT2D eigenvalue weighted by Crippen LogP contribution is 2.25. The van der Waals surface area contributed by atoms with Crippen molar-refractivity contribution in [1.29, 1.82) is 0 Å². The summed E-state index contributed by atoms with van der Waals surface area (Å²) in [6.45, 7) is 0. The Kier molecular flexibility index (Phi) is 1.67. The van der Waals surface area contributed by atoms with E-state index in [1.807, 2.05) is 0 Å². The average Bonchev–Trinajstić information content (AvgIpc) is 2.11. The number of primary sulfonamides is 1. The molecule has 1 rings (SSSR count). The number of nitrogens with two attached hydrogens (primary N) is 1. The van der Waals surface area contributed by atoms with Gasteiger partial charge in [0.15, 0.2) is 5.06 Å². The van der Waals surface area contributed by atoms with Crippen LogP contribution in [0.2, 0.25) is 0 Å². The third kappa shape index (κ3) is 1.47. The van der Waals surface area contributed by atoms with Crippen LogP contribution in [-0.4, -0.2) is 13.5 Å². The first-order chi connectivity index (χ1) is 4.50. The van der Waals surface area contributed by atoms with Crippen LogP contribution in [-0.2, 0) is 10.0 Å². The summed E-state index contributed by atoms with van der Waals surface area (Å²) < 4.78 is 21.0. The molecular weight excluding hydrogens is 174 g/mol. The van der Waals surface area contributed by atoms with Crippen LogP contribution < -0.4 is 5.14 Å². The topological polar surface area (TPSA) is 80.4 Å². The zero-order chi connectivity index (χ0) is 7.78. The second kappa shape index (κ2) is 2.22. The molecule has 3 N–H and O–H groups in total. The summed E-state index contributed by atoms with van der Waals surface area (Å²) >= 11 is 0.737. The van der Waals surface area contributed by atoms with Crippen molar-refractivity contribution in [3.05, 3.63) is 12.1 Å². The number of hydrogen-bond donors (Lipinski definition) is 2. The molecule has 1 heterocycles. The molecule has 0 aliphatic heterocycles. The van der Waals surface area contributed by atoms with Crippen LogP contribution in [0.4, 0.5) is 0 Å². The number of hydrogen-bond acceptors (Lipinski definition) is 4. The van der Waals surface area contributed by atoms with E-state index < -0.39 is 10.0 Å². The lowest BCUT2D eigenvalue weighted by atomic mass is 10.7. The Bertz CT molecular complexity index is 326. The van der Waals surface area contributed by atoms with Crippen LogP contribution in [0.1, 0.15) is 0 Å². The van der Waals surface area contributed by atoms with E-state index in [0.717, 1.165) is 11.3 Å². The molecule has 0 atom stereocenters. The third-order valence-corrected chi connectivity index (χ3v) is 3.17. The summed E-state index contributed by atoms with van der Waals surface area (Å²) in [5, 5.41) is 13.4. The minimum absolute atomic E-state index is 0.0231. The van der Waals surface area contributed by atoms with Crippen LogP contribution in [0.15, 0.2) is 16.3 Å². The molecule has 0 radical (unpaired) electrons. The van der Waals surface area contributed by atoms with E-state index >= 15 is 0 Å². The van der Waals surface area contributed by atoms with Gasteiger partial charge in [-0.15, -0.1) is 0 Å². The maximum atomic E-state index is 10.5. The second-order valence-corrected chi connectivity index (χ2v) is 4.49. The average molecular weight is 179 g/mol. The lowest BCUT2D eigenvalue weighted by Crippen LogP contribution is -2.09. The van der Waals surface area contributed by atoms with Gasteiger partial charge in [0.25, 0.3) is 0 Å². The molecule has 0 aliphatic rings. The molecule has 0 fully saturated rings. The fraction of sp³-hybridized carbons (Fsp3) is 0. The number of sulfonamides is 1. The van der Waals surface area contributed by atoms with Crippen molar-refractivity contribution in [1.82, 2.24) is 0 Å². The van der Waals surface area contributed by atoms with Gasteiger partial charge in [0.05, 0.1) is 0 Å². The molecular formula is C4H5NO3S2. The fourth-order valence-corrected chi connectivity index (χ4v) is 1.92. The van der Waals surface area contributed by atoms with Gasteiger partial charge in [-0.3, -0.25) is 0 Å². The highest BCUT2D eigenvalue weighted by atomic mass is 32.2. The van der Waals surface area contributed by atoms with Crippen molar-refractivity contribution in [2.75, 3.05) is 0 Å². The van der Waals surface area contributed by atoms with E-state index in [2.05, 4.69) is 0 Å². The predicted molar refractivity (Wildman–Crippen MR) is 37.4 cm³/mol. The summed E-state index contributed by atoms with van der Waals surface area (Å²) in [6, 6.07) is 2.54. The Labute approximate surface area is 62.0 Å². The van der Waals surface area contributed by atoms with Gasteiger partial charge in [-0.1, -0.05) is 11.3 Å². The van der Waals surface area contributed by atoms with E-state index in [1.54, 1.807) is 0 Å². The van der Waals surface area contributed by atoms with Crippen LogP contribution in [0.25, 0.3) is 0 Å². The van der Waals surface area contributed by atoms with E-state index in [1.165, 1.54) is 12.1 Å². The van der Waals surface area contributed by atoms with Crippen molar-refractivity contribution in [2.24, 2.45) is 5.14 Å². The SMILES string of the molecule is NS(=O)(=O)c1ccc(O)s1. The highest BCUT2D eigenvalue weighted by Gasteiger charge is 2.09. The maximum absolute atomic E-state index is 10.5. The smallest absolute Gasteiger partial charge is 0.247 e. The molecule has 0 spiro atoms. The van der Waals surface area contributed by atoms with Gasteiger partial charge in [0.2, 0.25) is 10.0 Å². The molecule has 0 amide bonds. The van der Waals surface area contributed by atoms with Gasteiger partial charge in [-0.05, 0) is 12.1 Å². The molecule has 56 valence electrons. The molecule has 6 heteroatoms. The highest BCUT2D eigenvalue weighted by molar-refractivity contribution is 7.91. The Morgan fingerprint density at radius 2 is 2.10 bits per heavy atom. The van der Waals surface area contributed by atoms with Crippen LogP contribution in [0.3, 0.4) is 0 Å². The van der Waals surface area contributed by atoms with Crippen LogP contribution in [0, 0.1) is 0 Å². The third-order valence-electron chi connectivity index (χ3n) is 0.848. The quantitative estimate of drug-likeness (QED) is 0.641. The van der Waals surface area contributed by atoms with E-state index in [4.69, 9.17) is 10.2 Å². The van der Waals surface area contributed by atoms with Gasteiger partial charge in [0, 0.05) is 0 Å². The van der Waals surface area contributed by atoms with Crippen molar-refractivity contribution in [3.63, 3.8) is 0 Å². The molecule has 1 aromatic rings. The lowest BCUT2D eigenvalue weighted by molar-refractivity contribution is 0.491. The van der Waals surface area contributed by atoms with Crippen LogP contribution in [0.5, 0.6) is 5.06 Å². The fourth-order valence-electron chi connectivity index (χ4n) is 0.463. The molecule has 0 saturated heterocycles. The summed E-state index contributed by atoms with van der Waals surface area (Å²) in [5.74, 6) is 0. The van der Waals surface area contributed by atoms with E-state index in [0.29, 0.717) is 0 Å². The van der Waals surface area contributed by atoms with Crippen molar-refractivity contribution in [3.8, 4) is 5.06 Å². The minimum atomic E-state index is -3.62.